The molecule has 0 saturated carbocycles. The summed E-state index contributed by atoms with van der Waals surface area (Å²) in [6, 6.07) is 4.83. The SMILES string of the molecule is COc1cc(OC)cc(C(=O)N(NC(=O)OC(C)(C)C)C(C)(C)C)c1. The minimum Gasteiger partial charge on any atom is -0.497 e. The highest BCUT2D eigenvalue weighted by atomic mass is 16.6. The molecule has 0 bridgehead atoms. The van der Waals surface area contributed by atoms with E-state index in [1.807, 2.05) is 0 Å². The molecule has 0 radical (unpaired) electrons. The van der Waals surface area contributed by atoms with Crippen molar-refractivity contribution in [1.82, 2.24) is 10.4 Å². The van der Waals surface area contributed by atoms with Gasteiger partial charge in [0.1, 0.15) is 17.1 Å². The lowest BCUT2D eigenvalue weighted by Crippen LogP contribution is -2.56. The number of ether oxygens (including phenoxy) is 3. The van der Waals surface area contributed by atoms with E-state index in [2.05, 4.69) is 5.43 Å². The Morgan fingerprint density at radius 3 is 1.76 bits per heavy atom. The van der Waals surface area contributed by atoms with Crippen LogP contribution in [0.5, 0.6) is 11.5 Å². The van der Waals surface area contributed by atoms with Gasteiger partial charge in [0.05, 0.1) is 19.8 Å². The first kappa shape index (κ1) is 20.6. The van der Waals surface area contributed by atoms with E-state index in [0.717, 1.165) is 0 Å². The van der Waals surface area contributed by atoms with E-state index >= 15 is 0 Å². The molecule has 0 heterocycles. The largest absolute Gasteiger partial charge is 0.497 e. The van der Waals surface area contributed by atoms with Crippen LogP contribution in [0.3, 0.4) is 0 Å². The summed E-state index contributed by atoms with van der Waals surface area (Å²) in [7, 11) is 3.01. The average molecular weight is 352 g/mol. The fourth-order valence-corrected chi connectivity index (χ4v) is 1.98. The van der Waals surface area contributed by atoms with Crippen LogP contribution in [-0.4, -0.2) is 42.4 Å². The standard InChI is InChI=1S/C18H28N2O5/c1-17(2,3)20(19-16(22)25-18(4,5)6)15(21)12-9-13(23-7)11-14(10-12)24-8/h9-11H,1-8H3,(H,19,22). The molecule has 0 spiro atoms. The van der Waals surface area contributed by atoms with Crippen molar-refractivity contribution in [3.63, 3.8) is 0 Å². The van der Waals surface area contributed by atoms with Gasteiger partial charge in [-0.2, -0.15) is 0 Å². The van der Waals surface area contributed by atoms with Crippen molar-refractivity contribution < 1.29 is 23.8 Å². The Labute approximate surface area is 149 Å². The Hall–Kier alpha value is -2.44. The highest BCUT2D eigenvalue weighted by molar-refractivity contribution is 5.96. The maximum Gasteiger partial charge on any atom is 0.426 e. The van der Waals surface area contributed by atoms with Gasteiger partial charge in [-0.15, -0.1) is 0 Å². The summed E-state index contributed by atoms with van der Waals surface area (Å²) in [5.74, 6) is 0.554. The zero-order valence-electron chi connectivity index (χ0n) is 16.2. The molecule has 0 fully saturated rings. The van der Waals surface area contributed by atoms with E-state index in [0.29, 0.717) is 17.1 Å². The first-order valence-corrected chi connectivity index (χ1v) is 7.94. The van der Waals surface area contributed by atoms with Crippen molar-refractivity contribution in [2.45, 2.75) is 52.7 Å². The van der Waals surface area contributed by atoms with Gasteiger partial charge in [0.2, 0.25) is 0 Å². The average Bonchev–Trinajstić information content (AvgIpc) is 2.48. The summed E-state index contributed by atoms with van der Waals surface area (Å²) in [5, 5.41) is 1.23. The van der Waals surface area contributed by atoms with E-state index in [4.69, 9.17) is 14.2 Å². The van der Waals surface area contributed by atoms with Crippen LogP contribution in [0.25, 0.3) is 0 Å². The quantitative estimate of drug-likeness (QED) is 0.844. The summed E-state index contributed by atoms with van der Waals surface area (Å²) < 4.78 is 15.6. The fraction of sp³-hybridized carbons (Fsp3) is 0.556. The molecule has 1 N–H and O–H groups in total. The first-order chi connectivity index (χ1) is 11.4. The lowest BCUT2D eigenvalue weighted by Gasteiger charge is -2.36. The molecule has 1 aromatic rings. The van der Waals surface area contributed by atoms with Crippen molar-refractivity contribution in [1.29, 1.82) is 0 Å². The molecule has 7 heteroatoms. The van der Waals surface area contributed by atoms with Gasteiger partial charge in [-0.25, -0.2) is 15.2 Å². The lowest BCUT2D eigenvalue weighted by molar-refractivity contribution is 0.0118. The molecule has 0 aliphatic heterocycles. The highest BCUT2D eigenvalue weighted by Crippen LogP contribution is 2.25. The molecule has 7 nitrogen and oxygen atoms in total. The normalized spacial score (nSPS) is 11.5. The number of nitrogens with zero attached hydrogens (tertiary/aromatic N) is 1. The van der Waals surface area contributed by atoms with Gasteiger partial charge >= 0.3 is 6.09 Å². The second kappa shape index (κ2) is 7.63. The number of rotatable bonds is 3. The number of amides is 2. The van der Waals surface area contributed by atoms with Gasteiger partial charge in [0.25, 0.3) is 5.91 Å². The first-order valence-electron chi connectivity index (χ1n) is 7.94. The molecule has 25 heavy (non-hydrogen) atoms. The van der Waals surface area contributed by atoms with Crippen LogP contribution in [0.2, 0.25) is 0 Å². The Kier molecular flexibility index (Phi) is 6.29. The van der Waals surface area contributed by atoms with Crippen LogP contribution in [-0.2, 0) is 4.74 Å². The lowest BCUT2D eigenvalue weighted by atomic mass is 10.1. The summed E-state index contributed by atoms with van der Waals surface area (Å²) in [6.45, 7) is 10.7. The summed E-state index contributed by atoms with van der Waals surface area (Å²) in [4.78, 5) is 25.1. The number of hydrazine groups is 1. The van der Waals surface area contributed by atoms with Crippen molar-refractivity contribution in [3.8, 4) is 11.5 Å². The molecule has 1 rings (SSSR count). The van der Waals surface area contributed by atoms with E-state index in [1.54, 1.807) is 59.7 Å². The smallest absolute Gasteiger partial charge is 0.426 e. The predicted molar refractivity (Wildman–Crippen MR) is 94.8 cm³/mol. The van der Waals surface area contributed by atoms with Crippen LogP contribution in [0, 0.1) is 0 Å². The second-order valence-electron chi connectivity index (χ2n) is 7.53. The molecule has 2 amide bonds. The third-order valence-corrected chi connectivity index (χ3v) is 3.07. The molecule has 0 saturated heterocycles. The maximum atomic E-state index is 13.0. The second-order valence-corrected chi connectivity index (χ2v) is 7.53. The van der Waals surface area contributed by atoms with Crippen molar-refractivity contribution in [2.75, 3.05) is 14.2 Å². The van der Waals surface area contributed by atoms with Crippen LogP contribution >= 0.6 is 0 Å². The van der Waals surface area contributed by atoms with Crippen LogP contribution in [0.15, 0.2) is 18.2 Å². The van der Waals surface area contributed by atoms with Crippen molar-refractivity contribution in [2.24, 2.45) is 0 Å². The van der Waals surface area contributed by atoms with E-state index in [1.165, 1.54) is 19.2 Å². The summed E-state index contributed by atoms with van der Waals surface area (Å²) >= 11 is 0. The van der Waals surface area contributed by atoms with Crippen LogP contribution < -0.4 is 14.9 Å². The number of nitrogens with one attached hydrogen (secondary N) is 1. The van der Waals surface area contributed by atoms with Gasteiger partial charge < -0.3 is 14.2 Å². The van der Waals surface area contributed by atoms with Gasteiger partial charge in [-0.3, -0.25) is 4.79 Å². The van der Waals surface area contributed by atoms with E-state index in [-0.39, 0.29) is 0 Å². The Balaban J connectivity index is 3.16. The topological polar surface area (TPSA) is 77.1 Å². The van der Waals surface area contributed by atoms with E-state index < -0.39 is 23.1 Å². The number of benzene rings is 1. The number of carbonyl (C=O) groups excluding carboxylic acids is 2. The van der Waals surface area contributed by atoms with E-state index in [9.17, 15) is 9.59 Å². The van der Waals surface area contributed by atoms with Gasteiger partial charge in [-0.05, 0) is 53.7 Å². The number of carbonyl (C=O) groups is 2. The zero-order chi connectivity index (χ0) is 19.4. The zero-order valence-corrected chi connectivity index (χ0v) is 16.2. The third-order valence-electron chi connectivity index (χ3n) is 3.07. The number of hydrogen-bond donors (Lipinski definition) is 1. The Bertz CT molecular complexity index is 607. The fourth-order valence-electron chi connectivity index (χ4n) is 1.98. The number of hydrogen-bond acceptors (Lipinski definition) is 5. The third kappa shape index (κ3) is 6.17. The molecule has 0 aliphatic rings. The molecule has 0 atom stereocenters. The van der Waals surface area contributed by atoms with Gasteiger partial charge in [0, 0.05) is 11.6 Å². The molecule has 140 valence electrons. The molecule has 0 aliphatic carbocycles. The predicted octanol–water partition coefficient (Wildman–Crippen LogP) is 3.38. The minimum absolute atomic E-state index is 0.321. The molecular formula is C18H28N2O5. The molecule has 0 aromatic heterocycles. The van der Waals surface area contributed by atoms with Crippen molar-refractivity contribution >= 4 is 12.0 Å². The summed E-state index contributed by atoms with van der Waals surface area (Å²) in [5.41, 5.74) is 1.50. The monoisotopic (exact) mass is 352 g/mol. The molecule has 1 aromatic carbocycles. The highest BCUT2D eigenvalue weighted by Gasteiger charge is 2.31. The van der Waals surface area contributed by atoms with Gasteiger partial charge in [-0.1, -0.05) is 0 Å². The summed E-state index contributed by atoms with van der Waals surface area (Å²) in [6.07, 6.45) is -0.703. The minimum atomic E-state index is -0.703. The molecule has 0 unspecified atom stereocenters. The number of methoxy groups -OCH3 is 2. The van der Waals surface area contributed by atoms with Gasteiger partial charge in [0.15, 0.2) is 0 Å². The Morgan fingerprint density at radius 1 is 0.920 bits per heavy atom. The Morgan fingerprint density at radius 2 is 1.40 bits per heavy atom. The maximum absolute atomic E-state index is 13.0. The van der Waals surface area contributed by atoms with Crippen molar-refractivity contribution in [3.05, 3.63) is 23.8 Å². The van der Waals surface area contributed by atoms with Crippen LogP contribution in [0.1, 0.15) is 51.9 Å². The van der Waals surface area contributed by atoms with Crippen LogP contribution in [0.4, 0.5) is 4.79 Å². The molecular weight excluding hydrogens is 324 g/mol.